The monoisotopic (exact) mass is 236 g/mol. The second-order valence-electron chi connectivity index (χ2n) is 5.40. The van der Waals surface area contributed by atoms with Gasteiger partial charge in [0.2, 0.25) is 5.91 Å². The predicted molar refractivity (Wildman–Crippen MR) is 68.2 cm³/mol. The number of hydrogen-bond acceptors (Lipinski definition) is 2. The third-order valence-corrected chi connectivity index (χ3v) is 3.54. The molecule has 3 nitrogen and oxygen atoms in total. The Bertz CT molecular complexity index is 272. The molecule has 0 radical (unpaired) electrons. The van der Waals surface area contributed by atoms with E-state index in [1.807, 2.05) is 13.8 Å². The Morgan fingerprint density at radius 3 is 2.18 bits per heavy atom. The number of hydrogen-bond donors (Lipinski definition) is 1. The Hall–Kier alpha value is -1.04. The molecule has 1 fully saturated rings. The molecule has 0 aromatic rings. The number of nitriles is 1. The van der Waals surface area contributed by atoms with Crippen molar-refractivity contribution in [1.82, 2.24) is 5.32 Å². The van der Waals surface area contributed by atoms with Crippen LogP contribution in [0.4, 0.5) is 0 Å². The Labute approximate surface area is 105 Å². The molecule has 1 rings (SSSR count). The smallest absolute Gasteiger partial charge is 0.237 e. The number of carbonyl (C=O) groups excluding carboxylic acids is 1. The average molecular weight is 236 g/mol. The van der Waals surface area contributed by atoms with Gasteiger partial charge in [0.1, 0.15) is 5.92 Å². The van der Waals surface area contributed by atoms with Gasteiger partial charge in [0.25, 0.3) is 0 Å². The normalized spacial score (nSPS) is 20.1. The third-order valence-electron chi connectivity index (χ3n) is 3.54. The first-order valence-electron chi connectivity index (χ1n) is 6.85. The first-order valence-corrected chi connectivity index (χ1v) is 6.85. The molecule has 1 aliphatic carbocycles. The summed E-state index contributed by atoms with van der Waals surface area (Å²) in [4.78, 5) is 11.9. The van der Waals surface area contributed by atoms with E-state index in [1.54, 1.807) is 0 Å². The minimum Gasteiger partial charge on any atom is -0.352 e. The highest BCUT2D eigenvalue weighted by Crippen LogP contribution is 2.18. The summed E-state index contributed by atoms with van der Waals surface area (Å²) in [6.45, 7) is 3.84. The second kappa shape index (κ2) is 7.32. The third kappa shape index (κ3) is 4.77. The standard InChI is InChI=1S/C14H24N2O/c1-11(2)13(10-15)14(17)16-12-8-6-4-3-5-7-9-12/h11-13H,3-9H2,1-2H3,(H,16,17). The predicted octanol–water partition coefficient (Wildman–Crippen LogP) is 3.01. The van der Waals surface area contributed by atoms with Crippen molar-refractivity contribution in [2.45, 2.75) is 64.8 Å². The summed E-state index contributed by atoms with van der Waals surface area (Å²) in [5.41, 5.74) is 0. The largest absolute Gasteiger partial charge is 0.352 e. The minimum absolute atomic E-state index is 0.0759. The zero-order valence-corrected chi connectivity index (χ0v) is 11.0. The summed E-state index contributed by atoms with van der Waals surface area (Å²) in [7, 11) is 0. The van der Waals surface area contributed by atoms with Crippen molar-refractivity contribution >= 4 is 5.91 Å². The van der Waals surface area contributed by atoms with Crippen molar-refractivity contribution in [1.29, 1.82) is 5.26 Å². The number of rotatable bonds is 3. The van der Waals surface area contributed by atoms with E-state index in [0.717, 1.165) is 12.8 Å². The van der Waals surface area contributed by atoms with Crippen LogP contribution < -0.4 is 5.32 Å². The van der Waals surface area contributed by atoms with Gasteiger partial charge in [-0.25, -0.2) is 0 Å². The Kier molecular flexibility index (Phi) is 6.04. The van der Waals surface area contributed by atoms with Crippen LogP contribution in [-0.2, 0) is 4.79 Å². The molecule has 1 saturated carbocycles. The molecule has 0 aromatic heterocycles. The van der Waals surface area contributed by atoms with Gasteiger partial charge >= 0.3 is 0 Å². The molecule has 17 heavy (non-hydrogen) atoms. The van der Waals surface area contributed by atoms with Gasteiger partial charge in [0.05, 0.1) is 6.07 Å². The lowest BCUT2D eigenvalue weighted by atomic mass is 9.93. The van der Waals surface area contributed by atoms with Crippen molar-refractivity contribution in [3.63, 3.8) is 0 Å². The van der Waals surface area contributed by atoms with Crippen molar-refractivity contribution in [3.8, 4) is 6.07 Å². The number of carbonyl (C=O) groups is 1. The van der Waals surface area contributed by atoms with Gasteiger partial charge in [-0.3, -0.25) is 4.79 Å². The molecule has 1 amide bonds. The van der Waals surface area contributed by atoms with E-state index in [0.29, 0.717) is 0 Å². The number of amides is 1. The fourth-order valence-electron chi connectivity index (χ4n) is 2.40. The van der Waals surface area contributed by atoms with Crippen molar-refractivity contribution in [3.05, 3.63) is 0 Å². The Morgan fingerprint density at radius 2 is 1.71 bits per heavy atom. The van der Waals surface area contributed by atoms with Crippen molar-refractivity contribution in [2.75, 3.05) is 0 Å². The van der Waals surface area contributed by atoms with Crippen LogP contribution in [0.25, 0.3) is 0 Å². The fourth-order valence-corrected chi connectivity index (χ4v) is 2.40. The molecule has 0 aromatic carbocycles. The zero-order valence-electron chi connectivity index (χ0n) is 11.0. The lowest BCUT2D eigenvalue weighted by molar-refractivity contribution is -0.125. The fraction of sp³-hybridized carbons (Fsp3) is 0.857. The summed E-state index contributed by atoms with van der Waals surface area (Å²) in [6, 6.07) is 2.40. The number of nitrogens with one attached hydrogen (secondary N) is 1. The van der Waals surface area contributed by atoms with Crippen LogP contribution in [0.15, 0.2) is 0 Å². The van der Waals surface area contributed by atoms with Gasteiger partial charge in [0, 0.05) is 6.04 Å². The maximum absolute atomic E-state index is 11.9. The lowest BCUT2D eigenvalue weighted by Gasteiger charge is -2.23. The Balaban J connectivity index is 2.45. The highest BCUT2D eigenvalue weighted by molar-refractivity contribution is 5.81. The van der Waals surface area contributed by atoms with E-state index in [-0.39, 0.29) is 17.9 Å². The lowest BCUT2D eigenvalue weighted by Crippen LogP contribution is -2.40. The molecule has 1 atom stereocenters. The molecule has 1 unspecified atom stereocenters. The molecular weight excluding hydrogens is 212 g/mol. The molecular formula is C14H24N2O. The number of nitrogens with zero attached hydrogens (tertiary/aromatic N) is 1. The maximum atomic E-state index is 11.9. The van der Waals surface area contributed by atoms with E-state index < -0.39 is 5.92 Å². The van der Waals surface area contributed by atoms with E-state index >= 15 is 0 Å². The van der Waals surface area contributed by atoms with Crippen LogP contribution in [0, 0.1) is 23.2 Å². The van der Waals surface area contributed by atoms with E-state index in [4.69, 9.17) is 5.26 Å². The zero-order chi connectivity index (χ0) is 12.7. The van der Waals surface area contributed by atoms with Crippen LogP contribution in [0.2, 0.25) is 0 Å². The molecule has 0 heterocycles. The molecule has 0 spiro atoms. The van der Waals surface area contributed by atoms with Crippen LogP contribution >= 0.6 is 0 Å². The molecule has 0 bridgehead atoms. The van der Waals surface area contributed by atoms with Gasteiger partial charge in [-0.05, 0) is 18.8 Å². The summed E-state index contributed by atoms with van der Waals surface area (Å²) in [5.74, 6) is -0.484. The Morgan fingerprint density at radius 1 is 1.18 bits per heavy atom. The highest BCUT2D eigenvalue weighted by Gasteiger charge is 2.24. The topological polar surface area (TPSA) is 52.9 Å². The molecule has 0 saturated heterocycles. The average Bonchev–Trinajstić information content (AvgIpc) is 2.22. The molecule has 96 valence electrons. The molecule has 0 aliphatic heterocycles. The molecule has 1 N–H and O–H groups in total. The van der Waals surface area contributed by atoms with Crippen LogP contribution in [0.3, 0.4) is 0 Å². The summed E-state index contributed by atoms with van der Waals surface area (Å²) < 4.78 is 0. The first-order chi connectivity index (χ1) is 8.15. The highest BCUT2D eigenvalue weighted by atomic mass is 16.1. The van der Waals surface area contributed by atoms with Crippen LogP contribution in [0.5, 0.6) is 0 Å². The van der Waals surface area contributed by atoms with E-state index in [1.165, 1.54) is 32.1 Å². The van der Waals surface area contributed by atoms with Crippen LogP contribution in [0.1, 0.15) is 58.8 Å². The molecule has 3 heteroatoms. The van der Waals surface area contributed by atoms with E-state index in [9.17, 15) is 4.79 Å². The summed E-state index contributed by atoms with van der Waals surface area (Å²) in [5, 5.41) is 12.0. The van der Waals surface area contributed by atoms with Gasteiger partial charge < -0.3 is 5.32 Å². The second-order valence-corrected chi connectivity index (χ2v) is 5.40. The van der Waals surface area contributed by atoms with Crippen molar-refractivity contribution in [2.24, 2.45) is 11.8 Å². The maximum Gasteiger partial charge on any atom is 0.237 e. The molecule has 1 aliphatic rings. The van der Waals surface area contributed by atoms with Gasteiger partial charge in [0.15, 0.2) is 0 Å². The SMILES string of the molecule is CC(C)C(C#N)C(=O)NC1CCCCCCC1. The minimum atomic E-state index is -0.500. The van der Waals surface area contributed by atoms with Gasteiger partial charge in [-0.15, -0.1) is 0 Å². The van der Waals surface area contributed by atoms with E-state index in [2.05, 4.69) is 11.4 Å². The van der Waals surface area contributed by atoms with Gasteiger partial charge in [-0.1, -0.05) is 46.0 Å². The first kappa shape index (κ1) is 14.0. The quantitative estimate of drug-likeness (QED) is 0.819. The summed E-state index contributed by atoms with van der Waals surface area (Å²) >= 11 is 0. The summed E-state index contributed by atoms with van der Waals surface area (Å²) in [6.07, 6.45) is 8.42. The van der Waals surface area contributed by atoms with Crippen molar-refractivity contribution < 1.29 is 4.79 Å². The van der Waals surface area contributed by atoms with Gasteiger partial charge in [-0.2, -0.15) is 5.26 Å². The van der Waals surface area contributed by atoms with Crippen LogP contribution in [-0.4, -0.2) is 11.9 Å².